The lowest BCUT2D eigenvalue weighted by molar-refractivity contribution is -0.117. The van der Waals surface area contributed by atoms with Crippen LogP contribution in [0.2, 0.25) is 5.02 Å². The van der Waals surface area contributed by atoms with Crippen molar-refractivity contribution in [3.8, 4) is 0 Å². The molecule has 2 rings (SSSR count). The largest absolute Gasteiger partial charge is 0.325 e. The third-order valence-electron chi connectivity index (χ3n) is 2.87. The summed E-state index contributed by atoms with van der Waals surface area (Å²) >= 11 is 5.83. The van der Waals surface area contributed by atoms with Crippen LogP contribution in [0.1, 0.15) is 6.92 Å². The van der Waals surface area contributed by atoms with Crippen LogP contribution in [0.5, 0.6) is 0 Å². The van der Waals surface area contributed by atoms with Gasteiger partial charge in [0.1, 0.15) is 0 Å². The minimum Gasteiger partial charge on any atom is -0.325 e. The van der Waals surface area contributed by atoms with Crippen LogP contribution in [0.4, 0.5) is 5.69 Å². The third-order valence-corrected chi connectivity index (χ3v) is 4.66. The summed E-state index contributed by atoms with van der Waals surface area (Å²) in [6.07, 6.45) is 0. The minimum absolute atomic E-state index is 0.109. The SMILES string of the molecule is CC(NS(=O)(=O)c1ccccc1)C(=O)Nc1cccc(Cl)c1. The zero-order valence-electron chi connectivity index (χ0n) is 11.8. The Bertz CT molecular complexity index is 763. The van der Waals surface area contributed by atoms with Gasteiger partial charge in [0.25, 0.3) is 0 Å². The summed E-state index contributed by atoms with van der Waals surface area (Å²) in [6.45, 7) is 1.47. The van der Waals surface area contributed by atoms with Gasteiger partial charge in [-0.15, -0.1) is 0 Å². The lowest BCUT2D eigenvalue weighted by atomic mass is 10.3. The number of benzene rings is 2. The van der Waals surface area contributed by atoms with E-state index in [0.29, 0.717) is 10.7 Å². The number of carbonyl (C=O) groups is 1. The lowest BCUT2D eigenvalue weighted by Crippen LogP contribution is -2.41. The van der Waals surface area contributed by atoms with Crippen molar-refractivity contribution in [2.24, 2.45) is 0 Å². The molecule has 0 spiro atoms. The van der Waals surface area contributed by atoms with Gasteiger partial charge in [-0.2, -0.15) is 4.72 Å². The van der Waals surface area contributed by atoms with Crippen LogP contribution in [0, 0.1) is 0 Å². The number of hydrogen-bond donors (Lipinski definition) is 2. The first-order chi connectivity index (χ1) is 10.4. The number of amides is 1. The highest BCUT2D eigenvalue weighted by Gasteiger charge is 2.21. The van der Waals surface area contributed by atoms with Gasteiger partial charge in [-0.25, -0.2) is 8.42 Å². The Balaban J connectivity index is 2.05. The maximum Gasteiger partial charge on any atom is 0.242 e. The predicted molar refractivity (Wildman–Crippen MR) is 86.3 cm³/mol. The summed E-state index contributed by atoms with van der Waals surface area (Å²) in [5.41, 5.74) is 0.503. The highest BCUT2D eigenvalue weighted by molar-refractivity contribution is 7.89. The first kappa shape index (κ1) is 16.5. The molecule has 0 heterocycles. The summed E-state index contributed by atoms with van der Waals surface area (Å²) in [7, 11) is -3.74. The fraction of sp³-hybridized carbons (Fsp3) is 0.133. The van der Waals surface area contributed by atoms with Crippen molar-refractivity contribution in [1.29, 1.82) is 0 Å². The molecule has 2 N–H and O–H groups in total. The summed E-state index contributed by atoms with van der Waals surface area (Å²) in [5, 5.41) is 3.09. The van der Waals surface area contributed by atoms with Crippen LogP contribution in [0.25, 0.3) is 0 Å². The number of rotatable bonds is 5. The molecule has 0 aromatic heterocycles. The Morgan fingerprint density at radius 2 is 1.77 bits per heavy atom. The van der Waals surface area contributed by atoms with Gasteiger partial charge in [0.2, 0.25) is 15.9 Å². The van der Waals surface area contributed by atoms with E-state index < -0.39 is 22.0 Å². The normalized spacial score (nSPS) is 12.6. The summed E-state index contributed by atoms with van der Waals surface area (Å²) in [5.74, 6) is -0.471. The van der Waals surface area contributed by atoms with E-state index in [2.05, 4.69) is 10.0 Å². The number of carbonyl (C=O) groups excluding carboxylic acids is 1. The van der Waals surface area contributed by atoms with E-state index in [1.54, 1.807) is 42.5 Å². The van der Waals surface area contributed by atoms with Crippen molar-refractivity contribution in [2.75, 3.05) is 5.32 Å². The molecule has 0 bridgehead atoms. The average molecular weight is 339 g/mol. The molecule has 1 amide bonds. The molecule has 2 aromatic rings. The zero-order chi connectivity index (χ0) is 16.2. The summed E-state index contributed by atoms with van der Waals surface area (Å²) < 4.78 is 26.6. The van der Waals surface area contributed by atoms with E-state index in [1.807, 2.05) is 0 Å². The Morgan fingerprint density at radius 1 is 1.09 bits per heavy atom. The lowest BCUT2D eigenvalue weighted by Gasteiger charge is -2.14. The maximum absolute atomic E-state index is 12.1. The molecule has 0 fully saturated rings. The maximum atomic E-state index is 12.1. The highest BCUT2D eigenvalue weighted by Crippen LogP contribution is 2.15. The molecule has 0 aliphatic carbocycles. The Labute approximate surface area is 134 Å². The van der Waals surface area contributed by atoms with Crippen LogP contribution >= 0.6 is 11.6 Å². The van der Waals surface area contributed by atoms with Crippen molar-refractivity contribution >= 4 is 33.2 Å². The second-order valence-corrected chi connectivity index (χ2v) is 6.81. The standard InChI is InChI=1S/C15H15ClN2O3S/c1-11(15(19)17-13-7-5-6-12(16)10-13)18-22(20,21)14-8-3-2-4-9-14/h2-11,18H,1H3,(H,17,19). The van der Waals surface area contributed by atoms with Crippen molar-refractivity contribution in [2.45, 2.75) is 17.9 Å². The number of nitrogens with one attached hydrogen (secondary N) is 2. The van der Waals surface area contributed by atoms with Gasteiger partial charge in [-0.3, -0.25) is 4.79 Å². The molecule has 0 saturated carbocycles. The van der Waals surface area contributed by atoms with Crippen molar-refractivity contribution in [1.82, 2.24) is 4.72 Å². The monoisotopic (exact) mass is 338 g/mol. The van der Waals surface area contributed by atoms with E-state index in [9.17, 15) is 13.2 Å². The molecule has 1 atom stereocenters. The molecule has 0 radical (unpaired) electrons. The van der Waals surface area contributed by atoms with Crippen molar-refractivity contribution in [3.63, 3.8) is 0 Å². The van der Waals surface area contributed by atoms with Crippen LogP contribution in [0.3, 0.4) is 0 Å². The second kappa shape index (κ2) is 6.91. The molecule has 1 unspecified atom stereocenters. The molecule has 22 heavy (non-hydrogen) atoms. The van der Waals surface area contributed by atoms with Gasteiger partial charge in [-0.1, -0.05) is 35.9 Å². The van der Waals surface area contributed by atoms with E-state index in [1.165, 1.54) is 19.1 Å². The quantitative estimate of drug-likeness (QED) is 0.880. The molecule has 116 valence electrons. The van der Waals surface area contributed by atoms with Crippen LogP contribution in [0.15, 0.2) is 59.5 Å². The molecular formula is C15H15ClN2O3S. The van der Waals surface area contributed by atoms with E-state index in [-0.39, 0.29) is 4.90 Å². The van der Waals surface area contributed by atoms with Gasteiger partial charge in [0.05, 0.1) is 10.9 Å². The molecule has 0 aliphatic heterocycles. The third kappa shape index (κ3) is 4.30. The topological polar surface area (TPSA) is 75.3 Å². The Kier molecular flexibility index (Phi) is 5.18. The Hall–Kier alpha value is -1.89. The second-order valence-electron chi connectivity index (χ2n) is 4.66. The summed E-state index contributed by atoms with van der Waals surface area (Å²) in [6, 6.07) is 13.6. The van der Waals surface area contributed by atoms with Crippen LogP contribution in [-0.2, 0) is 14.8 Å². The highest BCUT2D eigenvalue weighted by atomic mass is 35.5. The molecule has 0 saturated heterocycles. The summed E-state index contributed by atoms with van der Waals surface area (Å²) in [4.78, 5) is 12.2. The van der Waals surface area contributed by atoms with Crippen molar-refractivity contribution < 1.29 is 13.2 Å². The van der Waals surface area contributed by atoms with Gasteiger partial charge >= 0.3 is 0 Å². The first-order valence-electron chi connectivity index (χ1n) is 6.52. The van der Waals surface area contributed by atoms with Crippen LogP contribution < -0.4 is 10.0 Å². The van der Waals surface area contributed by atoms with E-state index in [4.69, 9.17) is 11.6 Å². The minimum atomic E-state index is -3.74. The smallest absolute Gasteiger partial charge is 0.242 e. The van der Waals surface area contributed by atoms with Gasteiger partial charge < -0.3 is 5.32 Å². The Morgan fingerprint density at radius 3 is 2.41 bits per heavy atom. The van der Waals surface area contributed by atoms with Gasteiger partial charge in [-0.05, 0) is 37.3 Å². The number of halogens is 1. The van der Waals surface area contributed by atoms with Crippen LogP contribution in [-0.4, -0.2) is 20.4 Å². The first-order valence-corrected chi connectivity index (χ1v) is 8.38. The fourth-order valence-electron chi connectivity index (χ4n) is 1.77. The van der Waals surface area contributed by atoms with Crippen molar-refractivity contribution in [3.05, 3.63) is 59.6 Å². The fourth-order valence-corrected chi connectivity index (χ4v) is 3.18. The zero-order valence-corrected chi connectivity index (χ0v) is 13.4. The average Bonchev–Trinajstić information content (AvgIpc) is 2.47. The number of anilines is 1. The molecule has 7 heteroatoms. The van der Waals surface area contributed by atoms with Gasteiger partial charge in [0, 0.05) is 10.7 Å². The van der Waals surface area contributed by atoms with E-state index >= 15 is 0 Å². The predicted octanol–water partition coefficient (Wildman–Crippen LogP) is 2.65. The number of sulfonamides is 1. The molecular weight excluding hydrogens is 324 g/mol. The van der Waals surface area contributed by atoms with E-state index in [0.717, 1.165) is 0 Å². The molecule has 2 aromatic carbocycles. The molecule has 5 nitrogen and oxygen atoms in total. The molecule has 0 aliphatic rings. The van der Waals surface area contributed by atoms with Gasteiger partial charge in [0.15, 0.2) is 0 Å². The number of hydrogen-bond acceptors (Lipinski definition) is 3.